The number of rotatable bonds is 7. The third kappa shape index (κ3) is 3.25. The van der Waals surface area contributed by atoms with Crippen molar-refractivity contribution in [2.45, 2.75) is 20.8 Å². The normalized spacial score (nSPS) is 10.4. The summed E-state index contributed by atoms with van der Waals surface area (Å²) in [6, 6.07) is 0. The molecular formula is C12H18O8. The number of hydrogen-bond donors (Lipinski definition) is 0. The van der Waals surface area contributed by atoms with Crippen molar-refractivity contribution in [1.29, 1.82) is 0 Å². The Labute approximate surface area is 116 Å². The molecule has 0 saturated carbocycles. The number of hydrogen-bond acceptors (Lipinski definition) is 8. The van der Waals surface area contributed by atoms with E-state index in [1.54, 1.807) is 0 Å². The fourth-order valence-corrected chi connectivity index (χ4v) is 1.37. The lowest BCUT2D eigenvalue weighted by Gasteiger charge is -2.24. The Hall–Kier alpha value is -2.12. The van der Waals surface area contributed by atoms with E-state index in [-0.39, 0.29) is 19.8 Å². The predicted octanol–water partition coefficient (Wildman–Crippen LogP) is -0.165. The molecule has 0 aliphatic carbocycles. The minimum absolute atomic E-state index is 0.142. The molecule has 0 spiro atoms. The van der Waals surface area contributed by atoms with E-state index in [0.29, 0.717) is 0 Å². The molecule has 0 amide bonds. The van der Waals surface area contributed by atoms with Crippen molar-refractivity contribution in [2.75, 3.05) is 26.9 Å². The molecular weight excluding hydrogens is 272 g/mol. The van der Waals surface area contributed by atoms with Gasteiger partial charge in [0.25, 0.3) is 0 Å². The van der Waals surface area contributed by atoms with Gasteiger partial charge >= 0.3 is 29.3 Å². The van der Waals surface area contributed by atoms with Gasteiger partial charge in [-0.25, -0.2) is 19.2 Å². The van der Waals surface area contributed by atoms with Gasteiger partial charge in [-0.15, -0.1) is 0 Å². The van der Waals surface area contributed by atoms with Crippen molar-refractivity contribution in [3.63, 3.8) is 0 Å². The Kier molecular flexibility index (Phi) is 7.27. The molecule has 8 heteroatoms. The lowest BCUT2D eigenvalue weighted by molar-refractivity contribution is -0.191. The van der Waals surface area contributed by atoms with Crippen LogP contribution in [0.5, 0.6) is 0 Å². The van der Waals surface area contributed by atoms with Gasteiger partial charge in [-0.1, -0.05) is 0 Å². The fraction of sp³-hybridized carbons (Fsp3) is 0.667. The minimum atomic E-state index is -2.91. The van der Waals surface area contributed by atoms with E-state index in [2.05, 4.69) is 18.9 Å². The maximum Gasteiger partial charge on any atom is 0.355 e. The van der Waals surface area contributed by atoms with Gasteiger partial charge in [0.2, 0.25) is 0 Å². The molecule has 8 nitrogen and oxygen atoms in total. The van der Waals surface area contributed by atoms with Crippen LogP contribution >= 0.6 is 0 Å². The Morgan fingerprint density at radius 3 is 1.20 bits per heavy atom. The van der Waals surface area contributed by atoms with Gasteiger partial charge in [-0.05, 0) is 20.8 Å². The third-order valence-corrected chi connectivity index (χ3v) is 2.24. The largest absolute Gasteiger partial charge is 0.467 e. The van der Waals surface area contributed by atoms with Crippen LogP contribution in [0.4, 0.5) is 0 Å². The molecule has 0 bridgehead atoms. The number of esters is 4. The summed E-state index contributed by atoms with van der Waals surface area (Å²) in [5, 5.41) is 0. The van der Waals surface area contributed by atoms with Crippen molar-refractivity contribution in [1.82, 2.24) is 0 Å². The molecule has 114 valence electrons. The zero-order valence-electron chi connectivity index (χ0n) is 11.9. The molecule has 0 N–H and O–H groups in total. The molecule has 0 radical (unpaired) electrons. The number of methoxy groups -OCH3 is 1. The summed E-state index contributed by atoms with van der Waals surface area (Å²) in [5.41, 5.74) is -2.91. The van der Waals surface area contributed by atoms with Gasteiger partial charge < -0.3 is 18.9 Å². The summed E-state index contributed by atoms with van der Waals surface area (Å²) >= 11 is 0. The molecule has 0 aromatic heterocycles. The van der Waals surface area contributed by atoms with Crippen molar-refractivity contribution in [3.05, 3.63) is 0 Å². The highest BCUT2D eigenvalue weighted by Gasteiger charge is 2.65. The van der Waals surface area contributed by atoms with Crippen LogP contribution in [0.25, 0.3) is 0 Å². The van der Waals surface area contributed by atoms with Crippen LogP contribution in [0.3, 0.4) is 0 Å². The second-order valence-corrected chi connectivity index (χ2v) is 3.40. The molecule has 0 aliphatic rings. The quantitative estimate of drug-likeness (QED) is 0.361. The molecule has 0 atom stereocenters. The second-order valence-electron chi connectivity index (χ2n) is 3.40. The number of ether oxygens (including phenoxy) is 4. The molecule has 0 aromatic rings. The van der Waals surface area contributed by atoms with Gasteiger partial charge in [0.1, 0.15) is 0 Å². The van der Waals surface area contributed by atoms with E-state index in [0.717, 1.165) is 7.11 Å². The first-order valence-corrected chi connectivity index (χ1v) is 6.03. The molecule has 0 heterocycles. The average molecular weight is 290 g/mol. The van der Waals surface area contributed by atoms with E-state index < -0.39 is 29.3 Å². The third-order valence-electron chi connectivity index (χ3n) is 2.24. The van der Waals surface area contributed by atoms with Gasteiger partial charge in [-0.2, -0.15) is 0 Å². The molecule has 20 heavy (non-hydrogen) atoms. The average Bonchev–Trinajstić information content (AvgIpc) is 2.40. The molecule has 0 unspecified atom stereocenters. The van der Waals surface area contributed by atoms with E-state index in [9.17, 15) is 19.2 Å². The van der Waals surface area contributed by atoms with Crippen molar-refractivity contribution >= 4 is 23.9 Å². The van der Waals surface area contributed by atoms with Crippen LogP contribution in [0.2, 0.25) is 0 Å². The number of carbonyl (C=O) groups is 4. The molecule has 0 rings (SSSR count). The first kappa shape index (κ1) is 17.9. The van der Waals surface area contributed by atoms with Crippen LogP contribution in [-0.4, -0.2) is 50.8 Å². The molecule has 0 fully saturated rings. The zero-order valence-corrected chi connectivity index (χ0v) is 11.9. The Balaban J connectivity index is 5.88. The molecule has 0 aromatic carbocycles. The monoisotopic (exact) mass is 290 g/mol. The zero-order chi connectivity index (χ0) is 15.8. The Bertz CT molecular complexity index is 341. The summed E-state index contributed by atoms with van der Waals surface area (Å²) in [5.74, 6) is -5.57. The van der Waals surface area contributed by atoms with Crippen LogP contribution in [-0.2, 0) is 38.1 Å². The molecule has 0 aliphatic heterocycles. The van der Waals surface area contributed by atoms with Crippen molar-refractivity contribution in [2.24, 2.45) is 5.41 Å². The minimum Gasteiger partial charge on any atom is -0.467 e. The predicted molar refractivity (Wildman–Crippen MR) is 64.3 cm³/mol. The van der Waals surface area contributed by atoms with Crippen LogP contribution in [0, 0.1) is 5.41 Å². The first-order chi connectivity index (χ1) is 9.43. The van der Waals surface area contributed by atoms with Gasteiger partial charge in [-0.3, -0.25) is 0 Å². The van der Waals surface area contributed by atoms with E-state index in [1.165, 1.54) is 20.8 Å². The van der Waals surface area contributed by atoms with Gasteiger partial charge in [0, 0.05) is 0 Å². The van der Waals surface area contributed by atoms with E-state index in [4.69, 9.17) is 0 Å². The topological polar surface area (TPSA) is 105 Å². The second kappa shape index (κ2) is 8.13. The molecule has 0 saturated heterocycles. The summed E-state index contributed by atoms with van der Waals surface area (Å²) in [4.78, 5) is 47.8. The van der Waals surface area contributed by atoms with Crippen molar-refractivity contribution in [3.8, 4) is 0 Å². The van der Waals surface area contributed by atoms with E-state index >= 15 is 0 Å². The lowest BCUT2D eigenvalue weighted by atomic mass is 9.88. The number of carbonyl (C=O) groups excluding carboxylic acids is 4. The van der Waals surface area contributed by atoms with Crippen molar-refractivity contribution < 1.29 is 38.1 Å². The SMILES string of the molecule is CCOC(=O)C(C(=O)OC)(C(=O)OCC)C(=O)OCC. The highest BCUT2D eigenvalue weighted by Crippen LogP contribution is 2.26. The summed E-state index contributed by atoms with van der Waals surface area (Å²) in [6.07, 6.45) is 0. The van der Waals surface area contributed by atoms with Crippen LogP contribution < -0.4 is 0 Å². The van der Waals surface area contributed by atoms with Crippen LogP contribution in [0.15, 0.2) is 0 Å². The lowest BCUT2D eigenvalue weighted by Crippen LogP contribution is -2.55. The Morgan fingerprint density at radius 2 is 1.00 bits per heavy atom. The first-order valence-electron chi connectivity index (χ1n) is 6.03. The highest BCUT2D eigenvalue weighted by molar-refractivity contribution is 6.32. The van der Waals surface area contributed by atoms with Gasteiger partial charge in [0.05, 0.1) is 26.9 Å². The smallest absolute Gasteiger partial charge is 0.355 e. The maximum atomic E-state index is 12.0. The van der Waals surface area contributed by atoms with Crippen LogP contribution in [0.1, 0.15) is 20.8 Å². The standard InChI is InChI=1S/C12H18O8/c1-5-18-9(14)12(8(13)17-4,10(15)19-6-2)11(16)20-7-3/h5-7H2,1-4H3. The summed E-state index contributed by atoms with van der Waals surface area (Å²) in [6.45, 7) is 3.94. The fourth-order valence-electron chi connectivity index (χ4n) is 1.37. The summed E-state index contributed by atoms with van der Waals surface area (Å²) in [7, 11) is 0.925. The highest BCUT2D eigenvalue weighted by atomic mass is 16.6. The van der Waals surface area contributed by atoms with E-state index in [1.807, 2.05) is 0 Å². The summed E-state index contributed by atoms with van der Waals surface area (Å²) < 4.78 is 18.2. The Morgan fingerprint density at radius 1 is 0.700 bits per heavy atom. The maximum absolute atomic E-state index is 12.0. The van der Waals surface area contributed by atoms with Gasteiger partial charge in [0.15, 0.2) is 0 Å².